The monoisotopic (exact) mass is 258 g/mol. The molecule has 0 amide bonds. The van der Waals surface area contributed by atoms with Gasteiger partial charge in [-0.05, 0) is 30.3 Å². The van der Waals surface area contributed by atoms with Crippen LogP contribution in [0.4, 0.5) is 0 Å². The number of rotatable bonds is 3. The maximum absolute atomic E-state index is 5.83. The minimum atomic E-state index is 0.526. The third-order valence-electron chi connectivity index (χ3n) is 1.81. The van der Waals surface area contributed by atoms with Crippen molar-refractivity contribution in [2.45, 2.75) is 6.61 Å². The number of benzene rings is 1. The van der Waals surface area contributed by atoms with E-state index < -0.39 is 0 Å². The fourth-order valence-corrected chi connectivity index (χ4v) is 2.32. The zero-order valence-corrected chi connectivity index (χ0v) is 10.1. The van der Waals surface area contributed by atoms with Gasteiger partial charge in [0.25, 0.3) is 0 Å². The Hall–Kier alpha value is -0.700. The third-order valence-corrected chi connectivity index (χ3v) is 3.25. The van der Waals surface area contributed by atoms with Crippen molar-refractivity contribution in [3.05, 3.63) is 50.6 Å². The first kappa shape index (κ1) is 10.8. The van der Waals surface area contributed by atoms with Gasteiger partial charge in [-0.25, -0.2) is 0 Å². The molecule has 1 nitrogen and oxygen atoms in total. The molecule has 0 unspecified atom stereocenters. The van der Waals surface area contributed by atoms with Crippen LogP contribution in [0.5, 0.6) is 5.75 Å². The van der Waals surface area contributed by atoms with E-state index in [4.69, 9.17) is 27.9 Å². The van der Waals surface area contributed by atoms with Crippen LogP contribution in [-0.4, -0.2) is 0 Å². The van der Waals surface area contributed by atoms with Crippen molar-refractivity contribution in [1.29, 1.82) is 0 Å². The molecule has 78 valence electrons. The van der Waals surface area contributed by atoms with Gasteiger partial charge in [-0.15, -0.1) is 11.3 Å². The van der Waals surface area contributed by atoms with Crippen LogP contribution < -0.4 is 4.74 Å². The summed E-state index contributed by atoms with van der Waals surface area (Å²) in [6.45, 7) is 0.526. The lowest BCUT2D eigenvalue weighted by atomic mass is 10.3. The van der Waals surface area contributed by atoms with Crippen LogP contribution in [-0.2, 0) is 6.61 Å². The van der Waals surface area contributed by atoms with Gasteiger partial charge in [0.15, 0.2) is 0 Å². The molecule has 0 aliphatic carbocycles. The second-order valence-electron chi connectivity index (χ2n) is 2.95. The van der Waals surface area contributed by atoms with Gasteiger partial charge in [0.05, 0.1) is 4.34 Å². The summed E-state index contributed by atoms with van der Waals surface area (Å²) in [4.78, 5) is 1.10. The number of ether oxygens (including phenoxy) is 1. The third kappa shape index (κ3) is 3.13. The van der Waals surface area contributed by atoms with Crippen LogP contribution in [0.3, 0.4) is 0 Å². The lowest BCUT2D eigenvalue weighted by Crippen LogP contribution is -1.91. The van der Waals surface area contributed by atoms with Gasteiger partial charge in [0.2, 0.25) is 0 Å². The van der Waals surface area contributed by atoms with E-state index in [0.29, 0.717) is 11.6 Å². The van der Waals surface area contributed by atoms with Crippen LogP contribution in [0.1, 0.15) is 4.88 Å². The van der Waals surface area contributed by atoms with Gasteiger partial charge in [0, 0.05) is 9.90 Å². The van der Waals surface area contributed by atoms with Gasteiger partial charge >= 0.3 is 0 Å². The van der Waals surface area contributed by atoms with Crippen molar-refractivity contribution in [2.75, 3.05) is 0 Å². The summed E-state index contributed by atoms with van der Waals surface area (Å²) in [6, 6.07) is 11.2. The Morgan fingerprint density at radius 1 is 1.13 bits per heavy atom. The molecule has 0 fully saturated rings. The highest BCUT2D eigenvalue weighted by Crippen LogP contribution is 2.23. The fourth-order valence-electron chi connectivity index (χ4n) is 1.14. The van der Waals surface area contributed by atoms with Gasteiger partial charge in [-0.1, -0.05) is 29.3 Å². The second-order valence-corrected chi connectivity index (χ2v) is 5.19. The molecule has 4 heteroatoms. The fraction of sp³-hybridized carbons (Fsp3) is 0.0909. The quantitative estimate of drug-likeness (QED) is 0.780. The first-order chi connectivity index (χ1) is 7.24. The molecule has 0 saturated heterocycles. The van der Waals surface area contributed by atoms with E-state index >= 15 is 0 Å². The summed E-state index contributed by atoms with van der Waals surface area (Å²) in [5.74, 6) is 0.770. The molecule has 0 bridgehead atoms. The highest BCUT2D eigenvalue weighted by atomic mass is 35.5. The molecule has 0 saturated carbocycles. The average molecular weight is 259 g/mol. The number of hydrogen-bond acceptors (Lipinski definition) is 2. The van der Waals surface area contributed by atoms with Crippen molar-refractivity contribution in [3.63, 3.8) is 0 Å². The Kier molecular flexibility index (Phi) is 3.52. The van der Waals surface area contributed by atoms with Crippen molar-refractivity contribution in [3.8, 4) is 5.75 Å². The zero-order valence-electron chi connectivity index (χ0n) is 7.74. The lowest BCUT2D eigenvalue weighted by Gasteiger charge is -2.04. The van der Waals surface area contributed by atoms with Crippen molar-refractivity contribution in [1.82, 2.24) is 0 Å². The van der Waals surface area contributed by atoms with E-state index in [9.17, 15) is 0 Å². The minimum Gasteiger partial charge on any atom is -0.488 e. The minimum absolute atomic E-state index is 0.526. The summed E-state index contributed by atoms with van der Waals surface area (Å²) in [5.41, 5.74) is 0. The van der Waals surface area contributed by atoms with E-state index in [-0.39, 0.29) is 0 Å². The van der Waals surface area contributed by atoms with Gasteiger partial charge < -0.3 is 4.74 Å². The average Bonchev–Trinajstić information content (AvgIpc) is 2.62. The largest absolute Gasteiger partial charge is 0.488 e. The number of hydrogen-bond donors (Lipinski definition) is 0. The highest BCUT2D eigenvalue weighted by molar-refractivity contribution is 7.16. The number of halogens is 2. The molecular weight excluding hydrogens is 251 g/mol. The maximum atomic E-state index is 5.83. The maximum Gasteiger partial charge on any atom is 0.122 e. The van der Waals surface area contributed by atoms with Crippen molar-refractivity contribution < 1.29 is 4.74 Å². The highest BCUT2D eigenvalue weighted by Gasteiger charge is 1.99. The molecule has 0 spiro atoms. The molecule has 2 rings (SSSR count). The van der Waals surface area contributed by atoms with Crippen LogP contribution >= 0.6 is 34.5 Å². The molecule has 0 aliphatic rings. The van der Waals surface area contributed by atoms with Crippen molar-refractivity contribution in [2.24, 2.45) is 0 Å². The molecule has 1 aromatic heterocycles. The topological polar surface area (TPSA) is 9.23 Å². The molecular formula is C11H8Cl2OS. The summed E-state index contributed by atoms with van der Waals surface area (Å²) in [7, 11) is 0. The van der Waals surface area contributed by atoms with Gasteiger partial charge in [0.1, 0.15) is 12.4 Å². The molecule has 2 aromatic rings. The van der Waals surface area contributed by atoms with Crippen LogP contribution in [0.25, 0.3) is 0 Å². The van der Waals surface area contributed by atoms with Gasteiger partial charge in [-0.2, -0.15) is 0 Å². The predicted octanol–water partition coefficient (Wildman–Crippen LogP) is 4.63. The lowest BCUT2D eigenvalue weighted by molar-refractivity contribution is 0.310. The molecule has 15 heavy (non-hydrogen) atoms. The summed E-state index contributed by atoms with van der Waals surface area (Å²) >= 11 is 13.2. The summed E-state index contributed by atoms with van der Waals surface area (Å²) < 4.78 is 6.33. The van der Waals surface area contributed by atoms with E-state index in [1.54, 1.807) is 6.07 Å². The molecule has 0 aliphatic heterocycles. The molecule has 0 atom stereocenters. The number of thiophene rings is 1. The first-order valence-electron chi connectivity index (χ1n) is 4.36. The SMILES string of the molecule is Clc1cccc(OCc2ccc(Cl)s2)c1. The van der Waals surface area contributed by atoms with E-state index in [1.807, 2.05) is 30.3 Å². The first-order valence-corrected chi connectivity index (χ1v) is 5.94. The molecule has 1 aromatic carbocycles. The van der Waals surface area contributed by atoms with E-state index in [2.05, 4.69) is 0 Å². The Labute approximate surface area is 102 Å². The molecule has 1 heterocycles. The van der Waals surface area contributed by atoms with E-state index in [1.165, 1.54) is 11.3 Å². The van der Waals surface area contributed by atoms with Crippen molar-refractivity contribution >= 4 is 34.5 Å². The normalized spacial score (nSPS) is 10.3. The molecule has 0 N–H and O–H groups in total. The Morgan fingerprint density at radius 2 is 2.00 bits per heavy atom. The van der Waals surface area contributed by atoms with Gasteiger partial charge in [-0.3, -0.25) is 0 Å². The summed E-state index contributed by atoms with van der Waals surface area (Å²) in [5, 5.41) is 0.678. The zero-order chi connectivity index (χ0) is 10.7. The smallest absolute Gasteiger partial charge is 0.122 e. The Bertz CT molecular complexity index is 453. The van der Waals surface area contributed by atoms with Crippen LogP contribution in [0.15, 0.2) is 36.4 Å². The van der Waals surface area contributed by atoms with Crippen LogP contribution in [0.2, 0.25) is 9.36 Å². The van der Waals surface area contributed by atoms with E-state index in [0.717, 1.165) is 15.0 Å². The predicted molar refractivity (Wildman–Crippen MR) is 65.1 cm³/mol. The molecule has 0 radical (unpaired) electrons. The Balaban J connectivity index is 1.99. The van der Waals surface area contributed by atoms with Crippen LogP contribution in [0, 0.1) is 0 Å². The summed E-state index contributed by atoms with van der Waals surface area (Å²) in [6.07, 6.45) is 0. The standard InChI is InChI=1S/C11H8Cl2OS/c12-8-2-1-3-9(6-8)14-7-10-4-5-11(13)15-10/h1-6H,7H2. The Morgan fingerprint density at radius 3 is 2.67 bits per heavy atom. The second kappa shape index (κ2) is 4.88.